The van der Waals surface area contributed by atoms with Gasteiger partial charge < -0.3 is 14.5 Å². The van der Waals surface area contributed by atoms with Gasteiger partial charge in [-0.15, -0.1) is 0 Å². The number of nitrogens with zero attached hydrogens (tertiary/aromatic N) is 4. The van der Waals surface area contributed by atoms with E-state index >= 15 is 0 Å². The van der Waals surface area contributed by atoms with Crippen molar-refractivity contribution in [2.75, 3.05) is 44.7 Å². The molecule has 0 bridgehead atoms. The molecule has 2 aliphatic heterocycles. The van der Waals surface area contributed by atoms with Crippen molar-refractivity contribution < 1.29 is 19.4 Å². The van der Waals surface area contributed by atoms with Crippen molar-refractivity contribution in [3.63, 3.8) is 0 Å². The number of aromatic nitrogens is 1. The summed E-state index contributed by atoms with van der Waals surface area (Å²) in [5, 5.41) is 11.7. The molecule has 220 valence electrons. The van der Waals surface area contributed by atoms with Crippen molar-refractivity contribution in [3.8, 4) is 0 Å². The zero-order chi connectivity index (χ0) is 30.1. The lowest BCUT2D eigenvalue weighted by Gasteiger charge is -2.32. The predicted molar refractivity (Wildman–Crippen MR) is 163 cm³/mol. The lowest BCUT2D eigenvalue weighted by Crippen LogP contribution is -3.12. The number of carbonyl (C=O) groups excluding carboxylic acids is 1. The molecule has 0 saturated carbocycles. The molecule has 5 rings (SSSR count). The Morgan fingerprint density at radius 3 is 2.52 bits per heavy atom. The number of thiazole rings is 1. The highest BCUT2D eigenvalue weighted by Gasteiger charge is 2.33. The zero-order valence-corrected chi connectivity index (χ0v) is 25.4. The second-order valence-corrected chi connectivity index (χ2v) is 12.1. The van der Waals surface area contributed by atoms with Crippen LogP contribution in [0.15, 0.2) is 63.5 Å². The van der Waals surface area contributed by atoms with E-state index in [1.165, 1.54) is 28.4 Å². The van der Waals surface area contributed by atoms with E-state index < -0.39 is 16.9 Å². The van der Waals surface area contributed by atoms with Gasteiger partial charge >= 0.3 is 5.97 Å². The number of carbonyl (C=O) groups is 1. The van der Waals surface area contributed by atoms with E-state index in [0.29, 0.717) is 32.1 Å². The Labute approximate surface area is 248 Å². The summed E-state index contributed by atoms with van der Waals surface area (Å²) in [6.45, 7) is 11.4. The van der Waals surface area contributed by atoms with Gasteiger partial charge in [-0.1, -0.05) is 49.4 Å². The average molecular weight is 591 g/mol. The van der Waals surface area contributed by atoms with Gasteiger partial charge in [-0.2, -0.15) is 0 Å². The second-order valence-electron chi connectivity index (χ2n) is 11.1. The van der Waals surface area contributed by atoms with Crippen molar-refractivity contribution in [3.05, 3.63) is 100 Å². The maximum absolute atomic E-state index is 14.1. The topological polar surface area (TPSA) is 111 Å². The van der Waals surface area contributed by atoms with Gasteiger partial charge in [0, 0.05) is 23.4 Å². The Morgan fingerprint density at radius 2 is 1.90 bits per heavy atom. The molecule has 11 heteroatoms. The second kappa shape index (κ2) is 12.0. The minimum absolute atomic E-state index is 0.0407. The summed E-state index contributed by atoms with van der Waals surface area (Å²) in [5.41, 5.74) is 3.84. The first kappa shape index (κ1) is 29.4. The number of anilines is 1. The Bertz CT molecular complexity index is 1730. The highest BCUT2D eigenvalue weighted by atomic mass is 32.1. The van der Waals surface area contributed by atoms with Crippen molar-refractivity contribution in [2.45, 2.75) is 39.7 Å². The van der Waals surface area contributed by atoms with E-state index in [2.05, 4.69) is 30.8 Å². The third kappa shape index (κ3) is 5.66. The molecule has 1 unspecified atom stereocenters. The standard InChI is InChI=1S/C31H35N5O5S/c1-6-41-30(38)27-20(4)32-31-35(28(27)22-9-7-21(8-10-22)19(2)3)29(37)26(42-31)18-23-17-24(36(39)40)11-12-25(23)34-15-13-33(5)14-16-34/h7-12,17-19,28H,6,13-16H2,1-5H3/p+1. The SMILES string of the molecule is CCOC(=O)C1=C(C)N=c2sc(=Cc3cc([N+](=O)[O-])ccc3N3CC[NH+](C)CC3)c(=O)n2C1c1ccc(C(C)C)cc1. The van der Waals surface area contributed by atoms with E-state index in [-0.39, 0.29) is 17.9 Å². The van der Waals surface area contributed by atoms with Crippen molar-refractivity contribution in [1.29, 1.82) is 0 Å². The quantitative estimate of drug-likeness (QED) is 0.257. The van der Waals surface area contributed by atoms with Crippen LogP contribution in [0.3, 0.4) is 0 Å². The first-order chi connectivity index (χ1) is 20.1. The molecule has 1 aromatic heterocycles. The van der Waals surface area contributed by atoms with Crippen molar-refractivity contribution in [1.82, 2.24) is 4.57 Å². The molecular formula is C31H36N5O5S+. The van der Waals surface area contributed by atoms with Gasteiger partial charge in [0.1, 0.15) is 0 Å². The number of likely N-dealkylation sites (N-methyl/N-ethyl adjacent to an activating group) is 1. The number of non-ortho nitro benzene ring substituents is 1. The molecule has 1 N–H and O–H groups in total. The van der Waals surface area contributed by atoms with Gasteiger partial charge in [-0.3, -0.25) is 19.5 Å². The van der Waals surface area contributed by atoms with E-state index in [9.17, 15) is 19.7 Å². The number of rotatable bonds is 7. The molecule has 0 spiro atoms. The molecule has 1 atom stereocenters. The smallest absolute Gasteiger partial charge is 0.338 e. The highest BCUT2D eigenvalue weighted by molar-refractivity contribution is 7.07. The van der Waals surface area contributed by atoms with Crippen LogP contribution in [-0.4, -0.2) is 55.3 Å². The lowest BCUT2D eigenvalue weighted by molar-refractivity contribution is -0.880. The van der Waals surface area contributed by atoms with E-state index in [4.69, 9.17) is 4.74 Å². The van der Waals surface area contributed by atoms with E-state index in [0.717, 1.165) is 43.0 Å². The van der Waals surface area contributed by atoms with Crippen LogP contribution in [0.1, 0.15) is 56.3 Å². The number of hydrogen-bond acceptors (Lipinski definition) is 8. The normalized spacial score (nSPS) is 17.8. The lowest BCUT2D eigenvalue weighted by atomic mass is 9.93. The molecule has 2 aromatic carbocycles. The number of allylic oxidation sites excluding steroid dienone is 1. The van der Waals surface area contributed by atoms with Crippen molar-refractivity contribution >= 4 is 34.8 Å². The summed E-state index contributed by atoms with van der Waals surface area (Å²) in [5.74, 6) is -0.183. The van der Waals surface area contributed by atoms with Crippen LogP contribution < -0.4 is 24.7 Å². The zero-order valence-electron chi connectivity index (χ0n) is 24.5. The van der Waals surface area contributed by atoms with Crippen LogP contribution >= 0.6 is 11.3 Å². The van der Waals surface area contributed by atoms with Crippen LogP contribution in [0.25, 0.3) is 6.08 Å². The Morgan fingerprint density at radius 1 is 1.21 bits per heavy atom. The molecular weight excluding hydrogens is 554 g/mol. The molecule has 0 amide bonds. The van der Waals surface area contributed by atoms with Crippen LogP contribution in [0.5, 0.6) is 0 Å². The van der Waals surface area contributed by atoms with Crippen LogP contribution in [0, 0.1) is 10.1 Å². The largest absolute Gasteiger partial charge is 0.463 e. The first-order valence-electron chi connectivity index (χ1n) is 14.2. The molecule has 3 heterocycles. The number of esters is 1. The number of quaternary nitrogens is 1. The highest BCUT2D eigenvalue weighted by Crippen LogP contribution is 2.32. The maximum Gasteiger partial charge on any atom is 0.338 e. The van der Waals surface area contributed by atoms with Gasteiger partial charge in [-0.05, 0) is 43.0 Å². The summed E-state index contributed by atoms with van der Waals surface area (Å²) in [6, 6.07) is 12.0. The maximum atomic E-state index is 14.1. The Kier molecular flexibility index (Phi) is 8.42. The summed E-state index contributed by atoms with van der Waals surface area (Å²) >= 11 is 1.21. The first-order valence-corrected chi connectivity index (χ1v) is 15.0. The third-order valence-corrected chi connectivity index (χ3v) is 8.89. The molecule has 0 aliphatic carbocycles. The Balaban J connectivity index is 1.69. The van der Waals surface area contributed by atoms with E-state index in [1.54, 1.807) is 30.6 Å². The molecule has 10 nitrogen and oxygen atoms in total. The Hall–Kier alpha value is -4.09. The fourth-order valence-electron chi connectivity index (χ4n) is 5.50. The monoisotopic (exact) mass is 590 g/mol. The van der Waals surface area contributed by atoms with Gasteiger partial charge in [-0.25, -0.2) is 9.79 Å². The minimum Gasteiger partial charge on any atom is -0.463 e. The summed E-state index contributed by atoms with van der Waals surface area (Å²) < 4.78 is 7.34. The van der Waals surface area contributed by atoms with E-state index in [1.807, 2.05) is 24.3 Å². The third-order valence-electron chi connectivity index (χ3n) is 7.90. The molecule has 1 saturated heterocycles. The summed E-state index contributed by atoms with van der Waals surface area (Å²) in [4.78, 5) is 47.3. The number of ether oxygens (including phenoxy) is 1. The number of piperazine rings is 1. The fourth-order valence-corrected chi connectivity index (χ4v) is 6.54. The fraction of sp³-hybridized carbons (Fsp3) is 0.387. The molecule has 0 radical (unpaired) electrons. The number of benzene rings is 2. The molecule has 42 heavy (non-hydrogen) atoms. The number of nitrogens with one attached hydrogen (secondary N) is 1. The van der Waals surface area contributed by atoms with Crippen molar-refractivity contribution in [2.24, 2.45) is 4.99 Å². The summed E-state index contributed by atoms with van der Waals surface area (Å²) in [6.07, 6.45) is 1.72. The number of fused-ring (bicyclic) bond motifs is 1. The summed E-state index contributed by atoms with van der Waals surface area (Å²) in [7, 11) is 2.15. The molecule has 2 aliphatic rings. The molecule has 3 aromatic rings. The number of nitro benzene ring substituents is 1. The van der Waals surface area contributed by atoms with Crippen LogP contribution in [0.2, 0.25) is 0 Å². The van der Waals surface area contributed by atoms with Gasteiger partial charge in [0.05, 0.1) is 66.6 Å². The average Bonchev–Trinajstić information content (AvgIpc) is 3.26. The van der Waals surface area contributed by atoms with Crippen LogP contribution in [-0.2, 0) is 9.53 Å². The number of hydrogen-bond donors (Lipinski definition) is 1. The minimum atomic E-state index is -0.714. The van der Waals surface area contributed by atoms with Gasteiger partial charge in [0.2, 0.25) is 0 Å². The van der Waals surface area contributed by atoms with Gasteiger partial charge in [0.15, 0.2) is 4.80 Å². The van der Waals surface area contributed by atoms with Crippen LogP contribution in [0.4, 0.5) is 11.4 Å². The molecule has 1 fully saturated rings. The predicted octanol–water partition coefficient (Wildman–Crippen LogP) is 2.16. The number of nitro groups is 1. The van der Waals surface area contributed by atoms with Gasteiger partial charge in [0.25, 0.3) is 11.2 Å².